The molecule has 1 heterocycles. The van der Waals surface area contributed by atoms with Crippen LogP contribution in [-0.4, -0.2) is 37.4 Å². The highest BCUT2D eigenvalue weighted by molar-refractivity contribution is 7.80. The molecule has 1 aromatic heterocycles. The summed E-state index contributed by atoms with van der Waals surface area (Å²) in [7, 11) is 3.31. The molecule has 1 atom stereocenters. The zero-order valence-corrected chi connectivity index (χ0v) is 16.9. The van der Waals surface area contributed by atoms with Gasteiger partial charge < -0.3 is 25.1 Å². The smallest absolute Gasteiger partial charge is 0.166 e. The van der Waals surface area contributed by atoms with Crippen LogP contribution in [-0.2, 0) is 0 Å². The maximum atomic E-state index is 5.71. The van der Waals surface area contributed by atoms with Crippen LogP contribution >= 0.6 is 12.2 Å². The molecule has 0 aliphatic rings. The molecule has 0 saturated carbocycles. The van der Waals surface area contributed by atoms with Crippen LogP contribution in [0, 0.1) is 0 Å². The summed E-state index contributed by atoms with van der Waals surface area (Å²) in [5, 5.41) is 8.19. The Kier molecular flexibility index (Phi) is 6.55. The highest BCUT2D eigenvalue weighted by Crippen LogP contribution is 2.40. The number of fused-ring (bicyclic) bond motifs is 1. The maximum absolute atomic E-state index is 5.71. The van der Waals surface area contributed by atoms with Gasteiger partial charge in [-0.25, -0.2) is 0 Å². The lowest BCUT2D eigenvalue weighted by molar-refractivity contribution is 0.350. The van der Waals surface area contributed by atoms with Crippen molar-refractivity contribution in [2.24, 2.45) is 0 Å². The Bertz CT molecular complexity index is 967. The Labute approximate surface area is 170 Å². The average molecular weight is 396 g/mol. The number of rotatable bonds is 8. The van der Waals surface area contributed by atoms with Crippen molar-refractivity contribution in [3.05, 3.63) is 72.4 Å². The first-order valence-electron chi connectivity index (χ1n) is 9.09. The molecule has 6 heteroatoms. The molecule has 0 saturated heterocycles. The quantitative estimate of drug-likeness (QED) is 0.398. The van der Waals surface area contributed by atoms with Crippen molar-refractivity contribution in [2.75, 3.05) is 27.3 Å². The second-order valence-electron chi connectivity index (χ2n) is 6.30. The Morgan fingerprint density at radius 1 is 1.11 bits per heavy atom. The molecule has 0 fully saturated rings. The number of nitrogens with one attached hydrogen (secondary N) is 3. The minimum atomic E-state index is 0.00433. The number of ether oxygens (including phenoxy) is 2. The molecule has 3 N–H and O–H groups in total. The summed E-state index contributed by atoms with van der Waals surface area (Å²) in [5.41, 5.74) is 3.29. The van der Waals surface area contributed by atoms with E-state index in [-0.39, 0.29) is 5.92 Å². The monoisotopic (exact) mass is 395 g/mol. The average Bonchev–Trinajstić information content (AvgIpc) is 3.16. The molecule has 0 unspecified atom stereocenters. The Balaban J connectivity index is 2.02. The number of benzene rings is 2. The first-order valence-corrected chi connectivity index (χ1v) is 9.50. The molecule has 0 spiro atoms. The number of hydrogen-bond donors (Lipinski definition) is 3. The summed E-state index contributed by atoms with van der Waals surface area (Å²) in [6, 6.07) is 14.2. The van der Waals surface area contributed by atoms with Crippen LogP contribution in [0.4, 0.5) is 0 Å². The van der Waals surface area contributed by atoms with Gasteiger partial charge in [0.1, 0.15) is 0 Å². The number of aromatic amines is 1. The summed E-state index contributed by atoms with van der Waals surface area (Å²) >= 11 is 5.39. The van der Waals surface area contributed by atoms with Crippen LogP contribution in [0.5, 0.6) is 11.5 Å². The predicted octanol–water partition coefficient (Wildman–Crippen LogP) is 3.97. The van der Waals surface area contributed by atoms with Crippen molar-refractivity contribution in [1.82, 2.24) is 15.6 Å². The minimum absolute atomic E-state index is 0.00433. The fourth-order valence-corrected chi connectivity index (χ4v) is 3.54. The van der Waals surface area contributed by atoms with E-state index >= 15 is 0 Å². The molecular weight excluding hydrogens is 370 g/mol. The molecule has 5 nitrogen and oxygen atoms in total. The second kappa shape index (κ2) is 9.28. The SMILES string of the molecule is C=CCNC(=S)NC[C@@H](c1cccc(OC)c1OC)c1c[nH]c2ccccc12. The van der Waals surface area contributed by atoms with Gasteiger partial charge in [-0.1, -0.05) is 36.4 Å². The van der Waals surface area contributed by atoms with Gasteiger partial charge in [0, 0.05) is 41.7 Å². The summed E-state index contributed by atoms with van der Waals surface area (Å²) in [5.74, 6) is 1.44. The third kappa shape index (κ3) is 4.12. The van der Waals surface area contributed by atoms with Crippen LogP contribution < -0.4 is 20.1 Å². The van der Waals surface area contributed by atoms with Gasteiger partial charge in [-0.05, 0) is 29.9 Å². The first-order chi connectivity index (χ1) is 13.7. The van der Waals surface area contributed by atoms with Gasteiger partial charge in [0.2, 0.25) is 0 Å². The number of H-pyrrole nitrogens is 1. The Hall–Kier alpha value is -2.99. The van der Waals surface area contributed by atoms with Gasteiger partial charge in [0.05, 0.1) is 14.2 Å². The van der Waals surface area contributed by atoms with Crippen molar-refractivity contribution >= 4 is 28.2 Å². The number of methoxy groups -OCH3 is 2. The van der Waals surface area contributed by atoms with Crippen LogP contribution in [0.15, 0.2) is 61.3 Å². The lowest BCUT2D eigenvalue weighted by atomic mass is 9.90. The van der Waals surface area contributed by atoms with E-state index in [2.05, 4.69) is 46.6 Å². The normalized spacial score (nSPS) is 11.6. The number of thiocarbonyl (C=S) groups is 1. The summed E-state index contributed by atoms with van der Waals surface area (Å²) in [4.78, 5) is 3.36. The minimum Gasteiger partial charge on any atom is -0.493 e. The molecule has 0 amide bonds. The predicted molar refractivity (Wildman–Crippen MR) is 118 cm³/mol. The second-order valence-corrected chi connectivity index (χ2v) is 6.71. The molecule has 28 heavy (non-hydrogen) atoms. The Morgan fingerprint density at radius 2 is 1.93 bits per heavy atom. The van der Waals surface area contributed by atoms with E-state index in [1.807, 2.05) is 24.3 Å². The van der Waals surface area contributed by atoms with E-state index < -0.39 is 0 Å². The molecule has 3 aromatic rings. The topological polar surface area (TPSA) is 58.3 Å². The van der Waals surface area contributed by atoms with Gasteiger partial charge in [0.25, 0.3) is 0 Å². The molecule has 0 aliphatic carbocycles. The molecule has 146 valence electrons. The largest absolute Gasteiger partial charge is 0.493 e. The van der Waals surface area contributed by atoms with Crippen LogP contribution in [0.3, 0.4) is 0 Å². The van der Waals surface area contributed by atoms with Crippen molar-refractivity contribution < 1.29 is 9.47 Å². The van der Waals surface area contributed by atoms with E-state index in [4.69, 9.17) is 21.7 Å². The molecule has 0 aliphatic heterocycles. The van der Waals surface area contributed by atoms with Crippen molar-refractivity contribution in [3.63, 3.8) is 0 Å². The van der Waals surface area contributed by atoms with Gasteiger partial charge in [-0.3, -0.25) is 0 Å². The fourth-order valence-electron chi connectivity index (χ4n) is 3.38. The third-order valence-corrected chi connectivity index (χ3v) is 4.97. The van der Waals surface area contributed by atoms with Crippen molar-refractivity contribution in [3.8, 4) is 11.5 Å². The Morgan fingerprint density at radius 3 is 2.68 bits per heavy atom. The van der Waals surface area contributed by atoms with Gasteiger partial charge >= 0.3 is 0 Å². The van der Waals surface area contributed by atoms with E-state index in [0.717, 1.165) is 16.8 Å². The lowest BCUT2D eigenvalue weighted by Crippen LogP contribution is -2.37. The van der Waals surface area contributed by atoms with E-state index in [0.29, 0.717) is 24.0 Å². The lowest BCUT2D eigenvalue weighted by Gasteiger charge is -2.22. The zero-order valence-electron chi connectivity index (χ0n) is 16.1. The zero-order chi connectivity index (χ0) is 19.9. The number of aromatic nitrogens is 1. The fraction of sp³-hybridized carbons (Fsp3) is 0.227. The third-order valence-electron chi connectivity index (χ3n) is 4.68. The van der Waals surface area contributed by atoms with Crippen molar-refractivity contribution in [2.45, 2.75) is 5.92 Å². The van der Waals surface area contributed by atoms with E-state index in [9.17, 15) is 0 Å². The van der Waals surface area contributed by atoms with E-state index in [1.165, 1.54) is 10.9 Å². The van der Waals surface area contributed by atoms with Gasteiger partial charge in [-0.2, -0.15) is 0 Å². The molecule has 0 bridgehead atoms. The molecule has 0 radical (unpaired) electrons. The van der Waals surface area contributed by atoms with Crippen molar-refractivity contribution in [1.29, 1.82) is 0 Å². The first kappa shape index (κ1) is 19.8. The molecule has 2 aromatic carbocycles. The highest BCUT2D eigenvalue weighted by atomic mass is 32.1. The van der Waals surface area contributed by atoms with Gasteiger partial charge in [0.15, 0.2) is 16.6 Å². The number of hydrogen-bond acceptors (Lipinski definition) is 3. The standard InChI is InChI=1S/C22H25N3O2S/c1-4-12-23-22(28)25-14-18(16-9-7-11-20(26-2)21(16)27-3)17-13-24-19-10-6-5-8-15(17)19/h4-11,13,18,24H,1,12,14H2,2-3H3,(H2,23,25,28)/t18-/m0/s1. The highest BCUT2D eigenvalue weighted by Gasteiger charge is 2.23. The number of para-hydroxylation sites is 2. The summed E-state index contributed by atoms with van der Waals surface area (Å²) < 4.78 is 11.2. The molecular formula is C22H25N3O2S. The van der Waals surface area contributed by atoms with Crippen LogP contribution in [0.1, 0.15) is 17.0 Å². The van der Waals surface area contributed by atoms with E-state index in [1.54, 1.807) is 20.3 Å². The van der Waals surface area contributed by atoms with Crippen LogP contribution in [0.2, 0.25) is 0 Å². The molecule has 3 rings (SSSR count). The summed E-state index contributed by atoms with van der Waals surface area (Å²) in [6.07, 6.45) is 3.83. The maximum Gasteiger partial charge on any atom is 0.166 e. The summed E-state index contributed by atoms with van der Waals surface area (Å²) in [6.45, 7) is 4.93. The van der Waals surface area contributed by atoms with Gasteiger partial charge in [-0.15, -0.1) is 6.58 Å². The van der Waals surface area contributed by atoms with Crippen LogP contribution in [0.25, 0.3) is 10.9 Å².